The maximum absolute atomic E-state index is 5.48. The average Bonchev–Trinajstić information content (AvgIpc) is 3.34. The van der Waals surface area contributed by atoms with Crippen LogP contribution in [0.4, 0.5) is 17.5 Å². The molecule has 3 heterocycles. The number of rotatable bonds is 5. The fraction of sp³-hybridized carbons (Fsp3) is 0.222. The van der Waals surface area contributed by atoms with Crippen LogP contribution >= 0.6 is 0 Å². The van der Waals surface area contributed by atoms with Crippen molar-refractivity contribution in [2.45, 2.75) is 18.9 Å². The molecule has 3 N–H and O–H groups in total. The van der Waals surface area contributed by atoms with E-state index in [1.165, 1.54) is 0 Å². The molecule has 1 aromatic carbocycles. The van der Waals surface area contributed by atoms with Crippen LogP contribution in [0.25, 0.3) is 22.1 Å². The topological polar surface area (TPSA) is 101 Å². The predicted molar refractivity (Wildman–Crippen MR) is 99.9 cm³/mol. The van der Waals surface area contributed by atoms with Gasteiger partial charge in [-0.15, -0.1) is 0 Å². The number of aromatic nitrogens is 5. The van der Waals surface area contributed by atoms with Crippen molar-refractivity contribution < 1.29 is 4.74 Å². The summed E-state index contributed by atoms with van der Waals surface area (Å²) in [5.74, 6) is 1.94. The maximum Gasteiger partial charge on any atom is 0.231 e. The summed E-state index contributed by atoms with van der Waals surface area (Å²) in [6.45, 7) is 0. The van der Waals surface area contributed by atoms with E-state index < -0.39 is 0 Å². The standard InChI is InChI=1S/C18H17N7O/c1-26-13-8-12(7-10-3-2-6-19-14(10)13)23-18-24-16-15(20-9-21-16)17(25-18)22-11-4-5-11/h2-3,6-9,11H,4-5H2,1H3,(H3,20,21,22,23,24,25). The molecule has 0 atom stereocenters. The van der Waals surface area contributed by atoms with Gasteiger partial charge in [0.1, 0.15) is 16.8 Å². The quantitative estimate of drug-likeness (QED) is 0.509. The van der Waals surface area contributed by atoms with Gasteiger partial charge in [-0.05, 0) is 25.0 Å². The van der Waals surface area contributed by atoms with Crippen LogP contribution in [0.5, 0.6) is 5.75 Å². The average molecular weight is 347 g/mol. The lowest BCUT2D eigenvalue weighted by molar-refractivity contribution is 0.419. The van der Waals surface area contributed by atoms with Crippen LogP contribution in [0.2, 0.25) is 0 Å². The molecular formula is C18H17N7O. The van der Waals surface area contributed by atoms with E-state index in [9.17, 15) is 0 Å². The van der Waals surface area contributed by atoms with Gasteiger partial charge in [0.2, 0.25) is 5.95 Å². The van der Waals surface area contributed by atoms with Crippen LogP contribution < -0.4 is 15.4 Å². The van der Waals surface area contributed by atoms with Gasteiger partial charge in [0.05, 0.1) is 13.4 Å². The highest BCUT2D eigenvalue weighted by Crippen LogP contribution is 2.31. The Morgan fingerprint density at radius 3 is 2.92 bits per heavy atom. The van der Waals surface area contributed by atoms with Crippen LogP contribution in [-0.4, -0.2) is 38.1 Å². The van der Waals surface area contributed by atoms with Gasteiger partial charge < -0.3 is 20.4 Å². The first kappa shape index (κ1) is 14.9. The Bertz CT molecular complexity index is 1100. The predicted octanol–water partition coefficient (Wildman–Crippen LogP) is 3.23. The minimum atomic E-state index is 0.476. The number of methoxy groups -OCH3 is 1. The Labute approximate surface area is 149 Å². The molecule has 0 bridgehead atoms. The van der Waals surface area contributed by atoms with Crippen LogP contribution in [-0.2, 0) is 0 Å². The number of benzene rings is 1. The summed E-state index contributed by atoms with van der Waals surface area (Å²) in [6.07, 6.45) is 5.70. The van der Waals surface area contributed by atoms with Crippen molar-refractivity contribution in [3.63, 3.8) is 0 Å². The monoisotopic (exact) mass is 347 g/mol. The maximum atomic E-state index is 5.48. The van der Waals surface area contributed by atoms with Gasteiger partial charge in [-0.1, -0.05) is 6.07 Å². The highest BCUT2D eigenvalue weighted by atomic mass is 16.5. The molecule has 1 aliphatic carbocycles. The molecule has 8 heteroatoms. The van der Waals surface area contributed by atoms with E-state index in [0.29, 0.717) is 23.4 Å². The third-order valence-electron chi connectivity index (χ3n) is 4.34. The number of nitrogens with zero attached hydrogens (tertiary/aromatic N) is 4. The van der Waals surface area contributed by atoms with Gasteiger partial charge in [0, 0.05) is 29.4 Å². The summed E-state index contributed by atoms with van der Waals surface area (Å²) < 4.78 is 5.48. The molecule has 0 saturated heterocycles. The molecule has 0 unspecified atom stereocenters. The first-order chi connectivity index (χ1) is 12.8. The zero-order valence-corrected chi connectivity index (χ0v) is 14.2. The first-order valence-corrected chi connectivity index (χ1v) is 8.47. The zero-order valence-electron chi connectivity index (χ0n) is 14.2. The van der Waals surface area contributed by atoms with E-state index in [0.717, 1.165) is 40.8 Å². The molecule has 0 aliphatic heterocycles. The molecule has 0 spiro atoms. The largest absolute Gasteiger partial charge is 0.494 e. The van der Waals surface area contributed by atoms with E-state index in [-0.39, 0.29) is 0 Å². The van der Waals surface area contributed by atoms with Crippen molar-refractivity contribution in [3.8, 4) is 5.75 Å². The molecule has 1 fully saturated rings. The van der Waals surface area contributed by atoms with Gasteiger partial charge in [-0.25, -0.2) is 4.98 Å². The van der Waals surface area contributed by atoms with Crippen LogP contribution in [0.3, 0.4) is 0 Å². The van der Waals surface area contributed by atoms with Crippen molar-refractivity contribution in [2.24, 2.45) is 0 Å². The Kier molecular flexibility index (Phi) is 3.34. The number of hydrogen-bond donors (Lipinski definition) is 3. The molecule has 0 amide bonds. The number of H-pyrrole nitrogens is 1. The van der Waals surface area contributed by atoms with Crippen LogP contribution in [0.1, 0.15) is 12.8 Å². The second kappa shape index (κ2) is 5.83. The lowest BCUT2D eigenvalue weighted by atomic mass is 10.2. The molecule has 26 heavy (non-hydrogen) atoms. The van der Waals surface area contributed by atoms with Gasteiger partial charge in [-0.2, -0.15) is 9.97 Å². The summed E-state index contributed by atoms with van der Waals surface area (Å²) in [5.41, 5.74) is 3.10. The first-order valence-electron chi connectivity index (χ1n) is 8.47. The molecule has 1 saturated carbocycles. The van der Waals surface area contributed by atoms with Crippen molar-refractivity contribution in [3.05, 3.63) is 36.8 Å². The SMILES string of the molecule is COc1cc(Nc2nc(NC3CC3)c3nc[nH]c3n2)cc2cccnc12. The lowest BCUT2D eigenvalue weighted by Crippen LogP contribution is -2.07. The second-order valence-electron chi connectivity index (χ2n) is 6.29. The number of ether oxygens (including phenoxy) is 1. The summed E-state index contributed by atoms with van der Waals surface area (Å²) in [6, 6.07) is 8.26. The van der Waals surface area contributed by atoms with E-state index in [1.54, 1.807) is 19.6 Å². The summed E-state index contributed by atoms with van der Waals surface area (Å²) in [4.78, 5) is 20.9. The molecule has 4 aromatic rings. The summed E-state index contributed by atoms with van der Waals surface area (Å²) in [7, 11) is 1.64. The van der Waals surface area contributed by atoms with E-state index >= 15 is 0 Å². The highest BCUT2D eigenvalue weighted by molar-refractivity contribution is 5.89. The Hall–Kier alpha value is -3.42. The number of hydrogen-bond acceptors (Lipinski definition) is 7. The minimum absolute atomic E-state index is 0.476. The fourth-order valence-corrected chi connectivity index (χ4v) is 2.93. The van der Waals surface area contributed by atoms with Gasteiger partial charge in [0.25, 0.3) is 0 Å². The molecule has 1 aliphatic rings. The molecule has 8 nitrogen and oxygen atoms in total. The van der Waals surface area contributed by atoms with E-state index in [2.05, 4.69) is 35.6 Å². The van der Waals surface area contributed by atoms with Crippen molar-refractivity contribution in [2.75, 3.05) is 17.7 Å². The number of fused-ring (bicyclic) bond motifs is 2. The Morgan fingerprint density at radius 2 is 2.08 bits per heavy atom. The number of pyridine rings is 1. The molecule has 130 valence electrons. The molecular weight excluding hydrogens is 330 g/mol. The van der Waals surface area contributed by atoms with Gasteiger partial charge >= 0.3 is 0 Å². The van der Waals surface area contributed by atoms with Gasteiger partial charge in [0.15, 0.2) is 11.5 Å². The number of anilines is 3. The van der Waals surface area contributed by atoms with Crippen molar-refractivity contribution >= 4 is 39.5 Å². The summed E-state index contributed by atoms with van der Waals surface area (Å²) in [5, 5.41) is 7.66. The smallest absolute Gasteiger partial charge is 0.231 e. The van der Waals surface area contributed by atoms with Crippen molar-refractivity contribution in [1.29, 1.82) is 0 Å². The number of nitrogens with one attached hydrogen (secondary N) is 3. The van der Waals surface area contributed by atoms with E-state index in [4.69, 9.17) is 4.74 Å². The highest BCUT2D eigenvalue weighted by Gasteiger charge is 2.23. The third kappa shape index (κ3) is 2.65. The molecule has 0 radical (unpaired) electrons. The Balaban J connectivity index is 1.55. The number of aromatic amines is 1. The normalized spacial score (nSPS) is 13.9. The molecule has 3 aromatic heterocycles. The van der Waals surface area contributed by atoms with Crippen LogP contribution in [0, 0.1) is 0 Å². The number of imidazole rings is 1. The summed E-state index contributed by atoms with van der Waals surface area (Å²) >= 11 is 0. The van der Waals surface area contributed by atoms with Gasteiger partial charge in [-0.3, -0.25) is 4.98 Å². The third-order valence-corrected chi connectivity index (χ3v) is 4.34. The van der Waals surface area contributed by atoms with Crippen LogP contribution in [0.15, 0.2) is 36.8 Å². The zero-order chi connectivity index (χ0) is 17.5. The lowest BCUT2D eigenvalue weighted by Gasteiger charge is -2.11. The fourth-order valence-electron chi connectivity index (χ4n) is 2.93. The Morgan fingerprint density at radius 1 is 1.15 bits per heavy atom. The molecule has 5 rings (SSSR count). The minimum Gasteiger partial charge on any atom is -0.494 e. The van der Waals surface area contributed by atoms with Crippen molar-refractivity contribution in [1.82, 2.24) is 24.9 Å². The second-order valence-corrected chi connectivity index (χ2v) is 6.29. The van der Waals surface area contributed by atoms with E-state index in [1.807, 2.05) is 24.3 Å².